The molecule has 0 amide bonds. The third-order valence-electron chi connectivity index (χ3n) is 4.04. The molecule has 2 rings (SSSR count). The molecule has 1 aromatic heterocycles. The Bertz CT molecular complexity index is 538. The van der Waals surface area contributed by atoms with E-state index in [-0.39, 0.29) is 12.1 Å². The molecule has 2 unspecified atom stereocenters. The second-order valence-corrected chi connectivity index (χ2v) is 7.31. The Hall–Kier alpha value is -0.850. The zero-order chi connectivity index (χ0) is 14.8. The fraction of sp³-hybridized carbons (Fsp3) is 0.714. The summed E-state index contributed by atoms with van der Waals surface area (Å²) in [5.41, 5.74) is 0.908. The summed E-state index contributed by atoms with van der Waals surface area (Å²) in [4.78, 5) is 3.44. The van der Waals surface area contributed by atoms with E-state index in [0.717, 1.165) is 31.5 Å². The van der Waals surface area contributed by atoms with Crippen LogP contribution in [0.15, 0.2) is 17.2 Å². The number of nitrogens with one attached hydrogen (secondary N) is 2. The zero-order valence-corrected chi connectivity index (χ0v) is 13.3. The van der Waals surface area contributed by atoms with E-state index in [1.54, 1.807) is 16.6 Å². The molecule has 114 valence electrons. The first-order valence-corrected chi connectivity index (χ1v) is 8.86. The highest BCUT2D eigenvalue weighted by atomic mass is 32.2. The number of aromatic amines is 1. The predicted octanol–water partition coefficient (Wildman–Crippen LogP) is 2.08. The van der Waals surface area contributed by atoms with Gasteiger partial charge in [-0.25, -0.2) is 8.42 Å². The molecule has 1 saturated heterocycles. The fourth-order valence-corrected chi connectivity index (χ4v) is 4.89. The second kappa shape index (κ2) is 6.28. The van der Waals surface area contributed by atoms with Crippen molar-refractivity contribution in [3.05, 3.63) is 18.0 Å². The van der Waals surface area contributed by atoms with Crippen LogP contribution in [0.5, 0.6) is 0 Å². The molecule has 1 aliphatic rings. The van der Waals surface area contributed by atoms with Crippen LogP contribution in [0.2, 0.25) is 0 Å². The molecule has 6 heteroatoms. The lowest BCUT2D eigenvalue weighted by Gasteiger charge is -2.26. The summed E-state index contributed by atoms with van der Waals surface area (Å²) in [6, 6.07) is 1.98. The first-order valence-electron chi connectivity index (χ1n) is 7.42. The van der Waals surface area contributed by atoms with Gasteiger partial charge in [-0.3, -0.25) is 0 Å². The van der Waals surface area contributed by atoms with Crippen molar-refractivity contribution in [2.75, 3.05) is 6.54 Å². The van der Waals surface area contributed by atoms with Crippen molar-refractivity contribution in [3.63, 3.8) is 0 Å². The highest BCUT2D eigenvalue weighted by Crippen LogP contribution is 2.32. The first-order chi connectivity index (χ1) is 9.50. The van der Waals surface area contributed by atoms with Gasteiger partial charge in [0.2, 0.25) is 10.0 Å². The number of hydrogen-bond acceptors (Lipinski definition) is 3. The zero-order valence-electron chi connectivity index (χ0n) is 12.5. The van der Waals surface area contributed by atoms with E-state index >= 15 is 0 Å². The van der Waals surface area contributed by atoms with Crippen LogP contribution in [0.1, 0.15) is 45.7 Å². The topological polar surface area (TPSA) is 65.2 Å². The fourth-order valence-electron chi connectivity index (χ4n) is 2.92. The van der Waals surface area contributed by atoms with E-state index in [0.29, 0.717) is 11.4 Å². The molecule has 0 spiro atoms. The smallest absolute Gasteiger partial charge is 0.245 e. The lowest BCUT2D eigenvalue weighted by molar-refractivity contribution is 0.329. The van der Waals surface area contributed by atoms with E-state index in [1.807, 2.05) is 13.8 Å². The molecule has 0 aromatic carbocycles. The third kappa shape index (κ3) is 2.92. The molecule has 2 N–H and O–H groups in total. The minimum absolute atomic E-state index is 0.0945. The number of H-pyrrole nitrogens is 1. The lowest BCUT2D eigenvalue weighted by Crippen LogP contribution is -2.39. The van der Waals surface area contributed by atoms with Crippen LogP contribution in [0.3, 0.4) is 0 Å². The van der Waals surface area contributed by atoms with Gasteiger partial charge in [0.15, 0.2) is 0 Å². The molecule has 1 aliphatic heterocycles. The number of hydrogen-bond donors (Lipinski definition) is 2. The summed E-state index contributed by atoms with van der Waals surface area (Å²) in [7, 11) is -3.38. The third-order valence-corrected chi connectivity index (χ3v) is 6.08. The van der Waals surface area contributed by atoms with E-state index in [2.05, 4.69) is 17.2 Å². The Morgan fingerprint density at radius 2 is 2.15 bits per heavy atom. The normalized spacial score (nSPS) is 24.4. The summed E-state index contributed by atoms with van der Waals surface area (Å²) in [5.74, 6) is 0. The average molecular weight is 299 g/mol. The minimum Gasteiger partial charge on any atom is -0.363 e. The van der Waals surface area contributed by atoms with E-state index in [4.69, 9.17) is 0 Å². The summed E-state index contributed by atoms with van der Waals surface area (Å²) < 4.78 is 27.3. The van der Waals surface area contributed by atoms with Crippen molar-refractivity contribution in [2.45, 2.75) is 63.6 Å². The molecular weight excluding hydrogens is 274 g/mol. The molecule has 0 radical (unpaired) electrons. The van der Waals surface area contributed by atoms with Crippen LogP contribution in [0.4, 0.5) is 0 Å². The minimum atomic E-state index is -3.38. The Morgan fingerprint density at radius 3 is 2.80 bits per heavy atom. The number of aromatic nitrogens is 1. The van der Waals surface area contributed by atoms with Crippen LogP contribution >= 0.6 is 0 Å². The molecule has 0 aliphatic carbocycles. The molecule has 2 atom stereocenters. The number of sulfonamides is 1. The summed E-state index contributed by atoms with van der Waals surface area (Å²) in [6.45, 7) is 7.61. The van der Waals surface area contributed by atoms with Crippen LogP contribution < -0.4 is 5.32 Å². The van der Waals surface area contributed by atoms with E-state index < -0.39 is 10.0 Å². The Balaban J connectivity index is 2.23. The molecule has 0 saturated carbocycles. The first kappa shape index (κ1) is 15.5. The van der Waals surface area contributed by atoms with Crippen molar-refractivity contribution < 1.29 is 8.42 Å². The van der Waals surface area contributed by atoms with Gasteiger partial charge in [0.25, 0.3) is 0 Å². The van der Waals surface area contributed by atoms with Gasteiger partial charge in [-0.05, 0) is 38.8 Å². The van der Waals surface area contributed by atoms with Crippen LogP contribution in [0, 0.1) is 0 Å². The Labute approximate surface area is 121 Å². The molecule has 20 heavy (non-hydrogen) atoms. The highest BCUT2D eigenvalue weighted by molar-refractivity contribution is 7.89. The quantitative estimate of drug-likeness (QED) is 0.845. The maximum atomic E-state index is 12.8. The van der Waals surface area contributed by atoms with Crippen molar-refractivity contribution in [1.82, 2.24) is 14.6 Å². The average Bonchev–Trinajstić information content (AvgIpc) is 3.03. The van der Waals surface area contributed by atoms with Gasteiger partial charge >= 0.3 is 0 Å². The highest BCUT2D eigenvalue weighted by Gasteiger charge is 2.39. The molecule has 5 nitrogen and oxygen atoms in total. The Morgan fingerprint density at radius 1 is 1.40 bits per heavy atom. The maximum absolute atomic E-state index is 12.8. The number of nitrogens with zero attached hydrogens (tertiary/aromatic N) is 1. The monoisotopic (exact) mass is 299 g/mol. The van der Waals surface area contributed by atoms with Crippen LogP contribution in [-0.2, 0) is 16.6 Å². The van der Waals surface area contributed by atoms with Gasteiger partial charge in [0, 0.05) is 30.5 Å². The molecular formula is C14H25N3O2S. The summed E-state index contributed by atoms with van der Waals surface area (Å²) in [5, 5.41) is 3.19. The predicted molar refractivity (Wildman–Crippen MR) is 80.0 cm³/mol. The van der Waals surface area contributed by atoms with Crippen molar-refractivity contribution in [1.29, 1.82) is 0 Å². The number of rotatable bonds is 6. The van der Waals surface area contributed by atoms with Crippen LogP contribution in [-0.4, -0.2) is 36.3 Å². The van der Waals surface area contributed by atoms with Gasteiger partial charge in [-0.15, -0.1) is 0 Å². The van der Waals surface area contributed by atoms with Gasteiger partial charge in [-0.2, -0.15) is 4.31 Å². The van der Waals surface area contributed by atoms with Gasteiger partial charge < -0.3 is 10.3 Å². The van der Waals surface area contributed by atoms with Crippen molar-refractivity contribution in [2.24, 2.45) is 0 Å². The van der Waals surface area contributed by atoms with Crippen LogP contribution in [0.25, 0.3) is 0 Å². The van der Waals surface area contributed by atoms with Gasteiger partial charge in [0.1, 0.15) is 0 Å². The Kier molecular flexibility index (Phi) is 4.88. The SMILES string of the molecule is CCNCc1cc(S(=O)(=O)N2C(C)CCC2CC)c[nH]1. The molecule has 2 heterocycles. The van der Waals surface area contributed by atoms with E-state index in [1.165, 1.54) is 0 Å². The molecule has 0 bridgehead atoms. The lowest BCUT2D eigenvalue weighted by atomic mass is 10.2. The van der Waals surface area contributed by atoms with Crippen molar-refractivity contribution >= 4 is 10.0 Å². The van der Waals surface area contributed by atoms with Crippen molar-refractivity contribution in [3.8, 4) is 0 Å². The summed E-state index contributed by atoms with van der Waals surface area (Å²) >= 11 is 0. The van der Waals surface area contributed by atoms with Gasteiger partial charge in [0.05, 0.1) is 4.90 Å². The molecule has 1 fully saturated rings. The van der Waals surface area contributed by atoms with E-state index in [9.17, 15) is 8.42 Å². The second-order valence-electron chi connectivity index (χ2n) is 5.46. The maximum Gasteiger partial charge on any atom is 0.245 e. The largest absolute Gasteiger partial charge is 0.363 e. The standard InChI is InChI=1S/C14H25N3O2S/c1-4-13-7-6-11(3)17(13)20(18,19)14-8-12(16-10-14)9-15-5-2/h8,10-11,13,15-16H,4-7,9H2,1-3H3. The summed E-state index contributed by atoms with van der Waals surface area (Å²) in [6.07, 6.45) is 4.40. The molecule has 1 aromatic rings. The van der Waals surface area contributed by atoms with Gasteiger partial charge in [-0.1, -0.05) is 13.8 Å².